The zero-order chi connectivity index (χ0) is 16.9. The molecule has 1 amide bonds. The maximum Gasteiger partial charge on any atom is 0.354 e. The maximum atomic E-state index is 12.4. The van der Waals surface area contributed by atoms with Crippen LogP contribution in [0.4, 0.5) is 0 Å². The molecule has 2 aromatic rings. The van der Waals surface area contributed by atoms with Crippen LogP contribution < -0.4 is 5.32 Å². The number of carboxylic acid groups (broad SMARTS) is 1. The lowest BCUT2D eigenvalue weighted by atomic mass is 9.94. The zero-order valence-electron chi connectivity index (χ0n) is 13.3. The van der Waals surface area contributed by atoms with E-state index in [1.165, 1.54) is 11.6 Å². The Morgan fingerprint density at radius 1 is 1.04 bits per heavy atom. The van der Waals surface area contributed by atoms with Crippen LogP contribution >= 0.6 is 0 Å². The molecule has 24 heavy (non-hydrogen) atoms. The number of pyridine rings is 1. The van der Waals surface area contributed by atoms with Crippen molar-refractivity contribution in [3.05, 3.63) is 65.5 Å². The van der Waals surface area contributed by atoms with E-state index in [0.717, 1.165) is 25.7 Å². The lowest BCUT2D eigenvalue weighted by Crippen LogP contribution is -2.38. The third kappa shape index (κ3) is 3.79. The second kappa shape index (κ2) is 7.25. The molecule has 1 fully saturated rings. The van der Waals surface area contributed by atoms with Crippen LogP contribution in [0.25, 0.3) is 0 Å². The molecular formula is C19H20N2O3. The summed E-state index contributed by atoms with van der Waals surface area (Å²) in [5.74, 6) is -1.03. The first-order valence-corrected chi connectivity index (χ1v) is 8.18. The second-order valence-electron chi connectivity index (χ2n) is 6.17. The molecule has 1 aliphatic carbocycles. The molecule has 0 spiro atoms. The summed E-state index contributed by atoms with van der Waals surface area (Å²) >= 11 is 0. The minimum atomic E-state index is -1.13. The molecule has 0 saturated heterocycles. The van der Waals surface area contributed by atoms with Crippen molar-refractivity contribution in [1.82, 2.24) is 10.3 Å². The largest absolute Gasteiger partial charge is 0.477 e. The van der Waals surface area contributed by atoms with E-state index in [9.17, 15) is 9.59 Å². The number of carboxylic acids is 1. The van der Waals surface area contributed by atoms with Gasteiger partial charge in [0.25, 0.3) is 5.91 Å². The first kappa shape index (κ1) is 16.2. The molecule has 2 unspecified atom stereocenters. The molecule has 1 aliphatic rings. The number of aromatic nitrogens is 1. The van der Waals surface area contributed by atoms with Gasteiger partial charge in [-0.05, 0) is 42.9 Å². The number of amides is 1. The van der Waals surface area contributed by atoms with Gasteiger partial charge in [-0.15, -0.1) is 0 Å². The fourth-order valence-electron chi connectivity index (χ4n) is 3.31. The van der Waals surface area contributed by atoms with E-state index in [1.807, 2.05) is 18.2 Å². The molecule has 0 bridgehead atoms. The van der Waals surface area contributed by atoms with Gasteiger partial charge < -0.3 is 10.4 Å². The summed E-state index contributed by atoms with van der Waals surface area (Å²) in [5, 5.41) is 12.0. The van der Waals surface area contributed by atoms with Crippen LogP contribution in [0, 0.1) is 5.92 Å². The van der Waals surface area contributed by atoms with Crippen LogP contribution in [-0.4, -0.2) is 28.0 Å². The first-order valence-electron chi connectivity index (χ1n) is 8.18. The molecule has 5 nitrogen and oxygen atoms in total. The van der Waals surface area contributed by atoms with Crippen molar-refractivity contribution < 1.29 is 14.7 Å². The molecule has 3 rings (SSSR count). The van der Waals surface area contributed by atoms with E-state index >= 15 is 0 Å². The van der Waals surface area contributed by atoms with Gasteiger partial charge in [0, 0.05) is 6.04 Å². The second-order valence-corrected chi connectivity index (χ2v) is 6.17. The minimum absolute atomic E-state index is 0.105. The number of carbonyl (C=O) groups is 2. The normalized spacial score (nSPS) is 19.8. The van der Waals surface area contributed by atoms with Crippen molar-refractivity contribution >= 4 is 11.9 Å². The van der Waals surface area contributed by atoms with Crippen LogP contribution in [0.2, 0.25) is 0 Å². The first-order chi connectivity index (χ1) is 11.6. The molecule has 2 N–H and O–H groups in total. The molecule has 5 heteroatoms. The Balaban J connectivity index is 1.67. The summed E-state index contributed by atoms with van der Waals surface area (Å²) in [4.78, 5) is 27.3. The number of hydrogen-bond donors (Lipinski definition) is 2. The predicted molar refractivity (Wildman–Crippen MR) is 89.9 cm³/mol. The third-order valence-electron chi connectivity index (χ3n) is 4.52. The summed E-state index contributed by atoms with van der Waals surface area (Å²) in [6.07, 6.45) is 4.06. The third-order valence-corrected chi connectivity index (χ3v) is 4.52. The Labute approximate surface area is 140 Å². The van der Waals surface area contributed by atoms with Gasteiger partial charge in [-0.25, -0.2) is 9.78 Å². The van der Waals surface area contributed by atoms with E-state index in [1.54, 1.807) is 12.1 Å². The highest BCUT2D eigenvalue weighted by Crippen LogP contribution is 2.29. The molecule has 0 radical (unpaired) electrons. The molecule has 1 saturated carbocycles. The quantitative estimate of drug-likeness (QED) is 0.886. The summed E-state index contributed by atoms with van der Waals surface area (Å²) in [6, 6.07) is 14.8. The van der Waals surface area contributed by atoms with Gasteiger partial charge in [0.1, 0.15) is 11.4 Å². The van der Waals surface area contributed by atoms with Gasteiger partial charge in [0.05, 0.1) is 0 Å². The van der Waals surface area contributed by atoms with Crippen molar-refractivity contribution in [3.8, 4) is 0 Å². The summed E-state index contributed by atoms with van der Waals surface area (Å²) in [5.41, 5.74) is 1.31. The van der Waals surface area contributed by atoms with E-state index in [4.69, 9.17) is 5.11 Å². The van der Waals surface area contributed by atoms with Gasteiger partial charge in [0.15, 0.2) is 0 Å². The minimum Gasteiger partial charge on any atom is -0.477 e. The van der Waals surface area contributed by atoms with E-state index in [-0.39, 0.29) is 23.3 Å². The summed E-state index contributed by atoms with van der Waals surface area (Å²) < 4.78 is 0. The molecule has 1 heterocycles. The van der Waals surface area contributed by atoms with Crippen LogP contribution in [0.5, 0.6) is 0 Å². The molecule has 1 aromatic heterocycles. The molecular weight excluding hydrogens is 304 g/mol. The Bertz CT molecular complexity index is 730. The number of nitrogens with one attached hydrogen (secondary N) is 1. The average Bonchev–Trinajstić information content (AvgIpc) is 3.02. The highest BCUT2D eigenvalue weighted by molar-refractivity contribution is 5.94. The van der Waals surface area contributed by atoms with Crippen LogP contribution in [0.1, 0.15) is 45.8 Å². The number of nitrogens with zero attached hydrogens (tertiary/aromatic N) is 1. The fraction of sp³-hybridized carbons (Fsp3) is 0.316. The highest BCUT2D eigenvalue weighted by Gasteiger charge is 2.29. The molecule has 1 aromatic carbocycles. The van der Waals surface area contributed by atoms with Gasteiger partial charge in [0.2, 0.25) is 0 Å². The topological polar surface area (TPSA) is 79.3 Å². The average molecular weight is 324 g/mol. The number of rotatable bonds is 5. The predicted octanol–water partition coefficient (Wildman–Crippen LogP) is 2.92. The van der Waals surface area contributed by atoms with Gasteiger partial charge in [-0.3, -0.25) is 4.79 Å². The smallest absolute Gasteiger partial charge is 0.354 e. The van der Waals surface area contributed by atoms with Crippen molar-refractivity contribution in [2.45, 2.75) is 31.7 Å². The van der Waals surface area contributed by atoms with Crippen molar-refractivity contribution in [2.75, 3.05) is 0 Å². The van der Waals surface area contributed by atoms with Gasteiger partial charge >= 0.3 is 5.97 Å². The van der Waals surface area contributed by atoms with Crippen molar-refractivity contribution in [3.63, 3.8) is 0 Å². The van der Waals surface area contributed by atoms with E-state index < -0.39 is 5.97 Å². The monoisotopic (exact) mass is 324 g/mol. The summed E-state index contributed by atoms with van der Waals surface area (Å²) in [7, 11) is 0. The van der Waals surface area contributed by atoms with Crippen LogP contribution in [0.3, 0.4) is 0 Å². The number of hydrogen-bond acceptors (Lipinski definition) is 3. The Morgan fingerprint density at radius 3 is 2.54 bits per heavy atom. The molecule has 124 valence electrons. The Kier molecular flexibility index (Phi) is 4.89. The summed E-state index contributed by atoms with van der Waals surface area (Å²) in [6.45, 7) is 0. The lowest BCUT2D eigenvalue weighted by molar-refractivity contribution is 0.0690. The van der Waals surface area contributed by atoms with Crippen molar-refractivity contribution in [1.29, 1.82) is 0 Å². The van der Waals surface area contributed by atoms with Gasteiger partial charge in [-0.1, -0.05) is 42.8 Å². The SMILES string of the molecule is O=C(O)c1cccc(C(=O)NC2CCCC2Cc2ccccc2)n1. The van der Waals surface area contributed by atoms with Crippen LogP contribution in [0.15, 0.2) is 48.5 Å². The molecule has 0 aliphatic heterocycles. The number of aromatic carboxylic acids is 1. The van der Waals surface area contributed by atoms with Crippen molar-refractivity contribution in [2.24, 2.45) is 5.92 Å². The van der Waals surface area contributed by atoms with E-state index in [0.29, 0.717) is 5.92 Å². The van der Waals surface area contributed by atoms with Gasteiger partial charge in [-0.2, -0.15) is 0 Å². The molecule has 2 atom stereocenters. The highest BCUT2D eigenvalue weighted by atomic mass is 16.4. The maximum absolute atomic E-state index is 12.4. The number of carbonyl (C=O) groups excluding carboxylic acids is 1. The Morgan fingerprint density at radius 2 is 1.79 bits per heavy atom. The lowest BCUT2D eigenvalue weighted by Gasteiger charge is -2.21. The fourth-order valence-corrected chi connectivity index (χ4v) is 3.31. The van der Waals surface area contributed by atoms with E-state index in [2.05, 4.69) is 22.4 Å². The number of benzene rings is 1. The zero-order valence-corrected chi connectivity index (χ0v) is 13.3. The Hall–Kier alpha value is -2.69. The standard InChI is InChI=1S/C19H20N2O3/c22-18(16-10-5-11-17(20-16)19(23)24)21-15-9-4-8-14(15)12-13-6-2-1-3-7-13/h1-3,5-7,10-11,14-15H,4,8-9,12H2,(H,21,22)(H,23,24). The van der Waals surface area contributed by atoms with Crippen LogP contribution in [-0.2, 0) is 6.42 Å².